The van der Waals surface area contributed by atoms with Crippen LogP contribution in [0, 0.1) is 11.8 Å². The van der Waals surface area contributed by atoms with E-state index in [-0.39, 0.29) is 42.0 Å². The highest BCUT2D eigenvalue weighted by Gasteiger charge is 2.32. The first kappa shape index (κ1) is 21.1. The highest BCUT2D eigenvalue weighted by molar-refractivity contribution is 5.87. The van der Waals surface area contributed by atoms with Gasteiger partial charge >= 0.3 is 5.97 Å². The molecule has 25 heavy (non-hydrogen) atoms. The maximum atomic E-state index is 12.0. The summed E-state index contributed by atoms with van der Waals surface area (Å²) in [6, 6.07) is -0.0932. The summed E-state index contributed by atoms with van der Waals surface area (Å²) in [4.78, 5) is 33.6. The van der Waals surface area contributed by atoms with E-state index in [1.807, 2.05) is 26.0 Å². The number of carbonyl (C=O) groups excluding carboxylic acids is 3. The lowest BCUT2D eigenvalue weighted by atomic mass is 9.89. The van der Waals surface area contributed by atoms with Gasteiger partial charge in [0.25, 0.3) is 0 Å². The fourth-order valence-corrected chi connectivity index (χ4v) is 2.70. The summed E-state index contributed by atoms with van der Waals surface area (Å²) in [6.45, 7) is 8.83. The second-order valence-electron chi connectivity index (χ2n) is 6.69. The fourth-order valence-electron chi connectivity index (χ4n) is 2.70. The van der Waals surface area contributed by atoms with Crippen molar-refractivity contribution in [1.82, 2.24) is 5.32 Å². The van der Waals surface area contributed by atoms with Crippen molar-refractivity contribution in [3.8, 4) is 0 Å². The van der Waals surface area contributed by atoms with Crippen molar-refractivity contribution >= 4 is 18.2 Å². The summed E-state index contributed by atoms with van der Waals surface area (Å²) < 4.78 is 10.9. The second kappa shape index (κ2) is 10.1. The SMILES string of the molecule is CC(=O)O[C@@H](C)C=CC(=O)N[C@@H]1C[C@H](C)[C@H](C=CC(C)C=O)O[C@@H]1C. The van der Waals surface area contributed by atoms with Crippen LogP contribution in [0.25, 0.3) is 0 Å². The Labute approximate surface area is 149 Å². The van der Waals surface area contributed by atoms with Crippen LogP contribution in [-0.2, 0) is 23.9 Å². The van der Waals surface area contributed by atoms with E-state index in [0.29, 0.717) is 0 Å². The Morgan fingerprint density at radius 3 is 2.52 bits per heavy atom. The van der Waals surface area contributed by atoms with E-state index in [4.69, 9.17) is 9.47 Å². The molecule has 1 saturated heterocycles. The number of hydrogen-bond acceptors (Lipinski definition) is 5. The topological polar surface area (TPSA) is 81.7 Å². The molecule has 140 valence electrons. The lowest BCUT2D eigenvalue weighted by Crippen LogP contribution is -2.50. The molecule has 1 N–H and O–H groups in total. The van der Waals surface area contributed by atoms with Crippen LogP contribution in [-0.4, -0.2) is 42.5 Å². The molecule has 1 heterocycles. The number of esters is 1. The maximum absolute atomic E-state index is 12.0. The van der Waals surface area contributed by atoms with Crippen LogP contribution >= 0.6 is 0 Å². The molecule has 1 unspecified atom stereocenters. The zero-order valence-corrected chi connectivity index (χ0v) is 15.6. The number of carbonyl (C=O) groups is 3. The Kier molecular flexibility index (Phi) is 8.55. The summed E-state index contributed by atoms with van der Waals surface area (Å²) in [5.74, 6) is -0.535. The molecular formula is C19H29NO5. The van der Waals surface area contributed by atoms with Gasteiger partial charge in [-0.15, -0.1) is 0 Å². The molecule has 0 radical (unpaired) electrons. The largest absolute Gasteiger partial charge is 0.459 e. The molecule has 0 bridgehead atoms. The van der Waals surface area contributed by atoms with Gasteiger partial charge in [-0.1, -0.05) is 26.0 Å². The predicted molar refractivity (Wildman–Crippen MR) is 94.8 cm³/mol. The summed E-state index contributed by atoms with van der Waals surface area (Å²) in [6.07, 6.45) is 7.72. The van der Waals surface area contributed by atoms with E-state index < -0.39 is 6.10 Å². The number of hydrogen-bond donors (Lipinski definition) is 1. The molecule has 1 rings (SSSR count). The molecule has 1 fully saturated rings. The molecule has 1 amide bonds. The Morgan fingerprint density at radius 1 is 1.24 bits per heavy atom. The van der Waals surface area contributed by atoms with Crippen molar-refractivity contribution in [3.63, 3.8) is 0 Å². The highest BCUT2D eigenvalue weighted by atomic mass is 16.5. The van der Waals surface area contributed by atoms with Gasteiger partial charge in [-0.3, -0.25) is 9.59 Å². The Bertz CT molecular complexity index is 528. The van der Waals surface area contributed by atoms with E-state index >= 15 is 0 Å². The van der Waals surface area contributed by atoms with Gasteiger partial charge in [0.2, 0.25) is 5.91 Å². The third-order valence-electron chi connectivity index (χ3n) is 4.14. The van der Waals surface area contributed by atoms with Crippen molar-refractivity contribution in [1.29, 1.82) is 0 Å². The Hall–Kier alpha value is -1.95. The molecule has 0 saturated carbocycles. The lowest BCUT2D eigenvalue weighted by molar-refractivity contribution is -0.143. The van der Waals surface area contributed by atoms with Gasteiger partial charge < -0.3 is 19.6 Å². The van der Waals surface area contributed by atoms with Gasteiger partial charge in [-0.05, 0) is 32.3 Å². The first-order valence-corrected chi connectivity index (χ1v) is 8.68. The number of allylic oxidation sites excluding steroid dienone is 1. The smallest absolute Gasteiger partial charge is 0.303 e. The fraction of sp³-hybridized carbons (Fsp3) is 0.632. The zero-order chi connectivity index (χ0) is 19.0. The first-order chi connectivity index (χ1) is 11.7. The number of rotatable bonds is 7. The number of aldehydes is 1. The van der Waals surface area contributed by atoms with Gasteiger partial charge in [0.1, 0.15) is 12.4 Å². The minimum Gasteiger partial charge on any atom is -0.459 e. The van der Waals surface area contributed by atoms with E-state index in [0.717, 1.165) is 12.7 Å². The van der Waals surface area contributed by atoms with Gasteiger partial charge in [-0.25, -0.2) is 0 Å². The highest BCUT2D eigenvalue weighted by Crippen LogP contribution is 2.26. The monoisotopic (exact) mass is 351 g/mol. The van der Waals surface area contributed by atoms with Crippen molar-refractivity contribution in [2.75, 3.05) is 0 Å². The normalized spacial score (nSPS) is 29.3. The van der Waals surface area contributed by atoms with Crippen LogP contribution in [0.2, 0.25) is 0 Å². The van der Waals surface area contributed by atoms with Crippen LogP contribution in [0.1, 0.15) is 41.0 Å². The summed E-state index contributed by atoms with van der Waals surface area (Å²) in [5.41, 5.74) is 0. The number of ether oxygens (including phenoxy) is 2. The molecule has 6 atom stereocenters. The van der Waals surface area contributed by atoms with E-state index in [2.05, 4.69) is 12.2 Å². The van der Waals surface area contributed by atoms with Gasteiger partial charge in [-0.2, -0.15) is 0 Å². The Morgan fingerprint density at radius 2 is 1.92 bits per heavy atom. The van der Waals surface area contributed by atoms with Gasteiger partial charge in [0.05, 0.1) is 18.2 Å². The average Bonchev–Trinajstić information content (AvgIpc) is 2.53. The zero-order valence-electron chi connectivity index (χ0n) is 15.6. The molecule has 0 spiro atoms. The average molecular weight is 351 g/mol. The summed E-state index contributed by atoms with van der Waals surface area (Å²) in [5, 5.41) is 2.93. The van der Waals surface area contributed by atoms with Gasteiger partial charge in [0, 0.05) is 18.9 Å². The third kappa shape index (κ3) is 7.65. The molecule has 1 aliphatic heterocycles. The maximum Gasteiger partial charge on any atom is 0.303 e. The minimum absolute atomic E-state index is 0.0647. The molecule has 0 aromatic heterocycles. The third-order valence-corrected chi connectivity index (χ3v) is 4.14. The lowest BCUT2D eigenvalue weighted by Gasteiger charge is -2.38. The quantitative estimate of drug-likeness (QED) is 0.329. The predicted octanol–water partition coefficient (Wildman–Crippen LogP) is 2.18. The number of amides is 1. The first-order valence-electron chi connectivity index (χ1n) is 8.68. The molecule has 6 heteroatoms. The van der Waals surface area contributed by atoms with Crippen LogP contribution in [0.3, 0.4) is 0 Å². The van der Waals surface area contributed by atoms with Crippen molar-refractivity contribution in [2.24, 2.45) is 11.8 Å². The van der Waals surface area contributed by atoms with Crippen LogP contribution in [0.5, 0.6) is 0 Å². The molecule has 6 nitrogen and oxygen atoms in total. The van der Waals surface area contributed by atoms with Gasteiger partial charge in [0.15, 0.2) is 0 Å². The molecule has 0 aromatic carbocycles. The van der Waals surface area contributed by atoms with Crippen LogP contribution in [0.4, 0.5) is 0 Å². The van der Waals surface area contributed by atoms with Crippen LogP contribution < -0.4 is 5.32 Å². The Balaban J connectivity index is 2.54. The number of nitrogens with one attached hydrogen (secondary N) is 1. The minimum atomic E-state index is -0.448. The second-order valence-corrected chi connectivity index (χ2v) is 6.69. The summed E-state index contributed by atoms with van der Waals surface area (Å²) >= 11 is 0. The molecular weight excluding hydrogens is 322 g/mol. The van der Waals surface area contributed by atoms with E-state index in [1.165, 1.54) is 13.0 Å². The standard InChI is InChI=1S/C19H29NO5/c1-12(11-21)6-8-18-13(2)10-17(15(4)25-18)20-19(23)9-7-14(3)24-16(5)22/h6-9,11-15,17-18H,10H2,1-5H3,(H,20,23)/t12?,13-,14-,15+,17+,18-/m0/s1. The molecule has 1 aliphatic rings. The van der Waals surface area contributed by atoms with Crippen molar-refractivity contribution in [3.05, 3.63) is 24.3 Å². The van der Waals surface area contributed by atoms with Crippen molar-refractivity contribution < 1.29 is 23.9 Å². The van der Waals surface area contributed by atoms with Crippen molar-refractivity contribution in [2.45, 2.75) is 65.4 Å². The molecule has 0 aromatic rings. The summed E-state index contributed by atoms with van der Waals surface area (Å²) in [7, 11) is 0. The molecule has 0 aliphatic carbocycles. The van der Waals surface area contributed by atoms with E-state index in [1.54, 1.807) is 13.0 Å². The van der Waals surface area contributed by atoms with E-state index in [9.17, 15) is 14.4 Å². The van der Waals surface area contributed by atoms with Crippen LogP contribution in [0.15, 0.2) is 24.3 Å².